The molecule has 7 heteroatoms. The molecule has 5 nitrogen and oxygen atoms in total. The smallest absolute Gasteiger partial charge is 0.242 e. The average molecular weight is 412 g/mol. The summed E-state index contributed by atoms with van der Waals surface area (Å²) in [7, 11) is 0. The van der Waals surface area contributed by atoms with Crippen LogP contribution in [0.4, 0.5) is 15.8 Å². The third kappa shape index (κ3) is 5.32. The van der Waals surface area contributed by atoms with Gasteiger partial charge in [0.05, 0.1) is 5.69 Å². The molecule has 1 aliphatic rings. The Morgan fingerprint density at radius 2 is 1.90 bits per heavy atom. The molecule has 0 unspecified atom stereocenters. The maximum atomic E-state index is 13.0. The third-order valence-corrected chi connectivity index (χ3v) is 5.44. The van der Waals surface area contributed by atoms with Gasteiger partial charge >= 0.3 is 0 Å². The molecule has 150 valence electrons. The largest absolute Gasteiger partial charge is 0.326 e. The quantitative estimate of drug-likeness (QED) is 0.708. The molecule has 2 aromatic carbocycles. The standard InChI is InChI=1S/C22H22FN3O2S/c1-4-9-26-21(28)19(13-20(27)24-17-7-5-16(23)6-8-17)29-22(26)25-18-11-14(2)10-15(3)12-18/h4-8,10-12,19H,1,9,13H2,2-3H3,(H,24,27)/t19-/m1/s1. The molecule has 2 aromatic rings. The second-order valence-electron chi connectivity index (χ2n) is 6.84. The van der Waals surface area contributed by atoms with Gasteiger partial charge in [-0.25, -0.2) is 9.38 Å². The Kier molecular flexibility index (Phi) is 6.49. The summed E-state index contributed by atoms with van der Waals surface area (Å²) in [4.78, 5) is 31.4. The van der Waals surface area contributed by atoms with Crippen molar-refractivity contribution in [2.75, 3.05) is 11.9 Å². The fourth-order valence-electron chi connectivity index (χ4n) is 3.06. The molecule has 3 rings (SSSR count). The fraction of sp³-hybridized carbons (Fsp3) is 0.227. The van der Waals surface area contributed by atoms with Crippen LogP contribution in [0.5, 0.6) is 0 Å². The molecule has 0 aliphatic carbocycles. The fourth-order valence-corrected chi connectivity index (χ4v) is 4.23. The predicted molar refractivity (Wildman–Crippen MR) is 116 cm³/mol. The summed E-state index contributed by atoms with van der Waals surface area (Å²) < 4.78 is 13.0. The van der Waals surface area contributed by atoms with Gasteiger partial charge in [0.2, 0.25) is 11.8 Å². The van der Waals surface area contributed by atoms with Gasteiger partial charge in [0, 0.05) is 18.7 Å². The van der Waals surface area contributed by atoms with E-state index < -0.39 is 5.25 Å². The molecule has 1 aliphatic heterocycles. The first-order valence-electron chi connectivity index (χ1n) is 9.17. The zero-order valence-corrected chi connectivity index (χ0v) is 17.1. The number of aliphatic imine (C=N–C) groups is 1. The topological polar surface area (TPSA) is 61.8 Å². The number of carbonyl (C=O) groups is 2. The molecule has 0 bridgehead atoms. The number of hydrogen-bond donors (Lipinski definition) is 1. The minimum absolute atomic E-state index is 0.000381. The monoisotopic (exact) mass is 411 g/mol. The minimum atomic E-state index is -0.569. The van der Waals surface area contributed by atoms with Crippen molar-refractivity contribution in [1.29, 1.82) is 0 Å². The maximum absolute atomic E-state index is 13.0. The van der Waals surface area contributed by atoms with Crippen LogP contribution in [0.3, 0.4) is 0 Å². The molecule has 0 aromatic heterocycles. The highest BCUT2D eigenvalue weighted by molar-refractivity contribution is 8.15. The SMILES string of the molecule is C=CCN1C(=O)[C@@H](CC(=O)Nc2ccc(F)cc2)SC1=Nc1cc(C)cc(C)c1. The molecule has 0 spiro atoms. The van der Waals surface area contributed by atoms with Crippen molar-refractivity contribution in [2.24, 2.45) is 4.99 Å². The molecule has 1 heterocycles. The van der Waals surface area contributed by atoms with Crippen LogP contribution in [0.25, 0.3) is 0 Å². The van der Waals surface area contributed by atoms with Crippen molar-refractivity contribution in [3.05, 3.63) is 72.1 Å². The van der Waals surface area contributed by atoms with Gasteiger partial charge < -0.3 is 5.32 Å². The van der Waals surface area contributed by atoms with E-state index in [-0.39, 0.29) is 24.1 Å². The van der Waals surface area contributed by atoms with Gasteiger partial charge in [-0.15, -0.1) is 6.58 Å². The van der Waals surface area contributed by atoms with E-state index in [1.807, 2.05) is 26.0 Å². The zero-order chi connectivity index (χ0) is 21.0. The number of amidine groups is 1. The van der Waals surface area contributed by atoms with E-state index in [0.29, 0.717) is 17.4 Å². The number of carbonyl (C=O) groups excluding carboxylic acids is 2. The summed E-state index contributed by atoms with van der Waals surface area (Å²) in [5, 5.41) is 2.68. The van der Waals surface area contributed by atoms with E-state index in [2.05, 4.69) is 23.0 Å². The number of nitrogens with zero attached hydrogens (tertiary/aromatic N) is 2. The van der Waals surface area contributed by atoms with E-state index in [0.717, 1.165) is 16.8 Å². The van der Waals surface area contributed by atoms with E-state index in [9.17, 15) is 14.0 Å². The van der Waals surface area contributed by atoms with Gasteiger partial charge in [0.25, 0.3) is 0 Å². The van der Waals surface area contributed by atoms with Crippen LogP contribution in [-0.2, 0) is 9.59 Å². The Morgan fingerprint density at radius 1 is 1.24 bits per heavy atom. The average Bonchev–Trinajstić information content (AvgIpc) is 2.92. The van der Waals surface area contributed by atoms with Crippen molar-refractivity contribution in [2.45, 2.75) is 25.5 Å². The van der Waals surface area contributed by atoms with Crippen LogP contribution in [0.15, 0.2) is 60.1 Å². The Balaban J connectivity index is 1.75. The van der Waals surface area contributed by atoms with Crippen LogP contribution in [0.1, 0.15) is 17.5 Å². The number of hydrogen-bond acceptors (Lipinski definition) is 4. The molecule has 1 saturated heterocycles. The Morgan fingerprint density at radius 3 is 2.52 bits per heavy atom. The summed E-state index contributed by atoms with van der Waals surface area (Å²) in [6.07, 6.45) is 1.64. The normalized spacial score (nSPS) is 17.6. The first-order valence-corrected chi connectivity index (χ1v) is 10.0. The number of aryl methyl sites for hydroxylation is 2. The molecular formula is C22H22FN3O2S. The molecule has 29 heavy (non-hydrogen) atoms. The molecule has 0 saturated carbocycles. The van der Waals surface area contributed by atoms with E-state index in [1.54, 1.807) is 11.0 Å². The van der Waals surface area contributed by atoms with Crippen molar-refractivity contribution in [1.82, 2.24) is 4.90 Å². The van der Waals surface area contributed by atoms with Gasteiger partial charge in [0.15, 0.2) is 5.17 Å². The molecule has 1 fully saturated rings. The predicted octanol–water partition coefficient (Wildman–Crippen LogP) is 4.59. The highest BCUT2D eigenvalue weighted by Crippen LogP contribution is 2.32. The number of amides is 2. The van der Waals surface area contributed by atoms with E-state index in [1.165, 1.54) is 36.0 Å². The Bertz CT molecular complexity index is 952. The number of nitrogens with one attached hydrogen (secondary N) is 1. The lowest BCUT2D eigenvalue weighted by Gasteiger charge is -2.14. The first-order chi connectivity index (χ1) is 13.9. The molecule has 0 radical (unpaired) electrons. The Labute approximate surface area is 173 Å². The Hall–Kier alpha value is -2.93. The van der Waals surface area contributed by atoms with Gasteiger partial charge in [-0.1, -0.05) is 23.9 Å². The molecule has 2 amide bonds. The highest BCUT2D eigenvalue weighted by Gasteiger charge is 2.38. The molecule has 1 N–H and O–H groups in total. The zero-order valence-electron chi connectivity index (χ0n) is 16.3. The van der Waals surface area contributed by atoms with Crippen LogP contribution >= 0.6 is 11.8 Å². The number of halogens is 1. The number of anilines is 1. The van der Waals surface area contributed by atoms with E-state index in [4.69, 9.17) is 0 Å². The summed E-state index contributed by atoms with van der Waals surface area (Å²) in [5.74, 6) is -0.863. The van der Waals surface area contributed by atoms with E-state index >= 15 is 0 Å². The van der Waals surface area contributed by atoms with Crippen LogP contribution in [-0.4, -0.2) is 33.7 Å². The lowest BCUT2D eigenvalue weighted by atomic mass is 10.1. The highest BCUT2D eigenvalue weighted by atomic mass is 32.2. The lowest BCUT2D eigenvalue weighted by molar-refractivity contribution is -0.127. The van der Waals surface area contributed by atoms with Crippen molar-refractivity contribution in [3.8, 4) is 0 Å². The van der Waals surface area contributed by atoms with Crippen LogP contribution in [0.2, 0.25) is 0 Å². The van der Waals surface area contributed by atoms with Crippen LogP contribution < -0.4 is 5.32 Å². The van der Waals surface area contributed by atoms with Gasteiger partial charge in [-0.2, -0.15) is 0 Å². The third-order valence-electron chi connectivity index (χ3n) is 4.26. The number of rotatable bonds is 6. The number of thioether (sulfide) groups is 1. The van der Waals surface area contributed by atoms with Crippen molar-refractivity contribution in [3.63, 3.8) is 0 Å². The first kappa shape index (κ1) is 20.8. The van der Waals surface area contributed by atoms with Gasteiger partial charge in [0.1, 0.15) is 11.1 Å². The molecular weight excluding hydrogens is 389 g/mol. The van der Waals surface area contributed by atoms with Gasteiger partial charge in [-0.3, -0.25) is 14.5 Å². The second kappa shape index (κ2) is 9.05. The minimum Gasteiger partial charge on any atom is -0.326 e. The van der Waals surface area contributed by atoms with Gasteiger partial charge in [-0.05, 0) is 61.4 Å². The van der Waals surface area contributed by atoms with Crippen LogP contribution in [0, 0.1) is 19.7 Å². The summed E-state index contributed by atoms with van der Waals surface area (Å²) in [6, 6.07) is 11.5. The number of benzene rings is 2. The molecule has 1 atom stereocenters. The van der Waals surface area contributed by atoms with Crippen molar-refractivity contribution < 1.29 is 14.0 Å². The summed E-state index contributed by atoms with van der Waals surface area (Å²) in [6.45, 7) is 8.02. The second-order valence-corrected chi connectivity index (χ2v) is 8.01. The summed E-state index contributed by atoms with van der Waals surface area (Å²) in [5.41, 5.74) is 3.43. The summed E-state index contributed by atoms with van der Waals surface area (Å²) >= 11 is 1.27. The maximum Gasteiger partial charge on any atom is 0.242 e. The lowest BCUT2D eigenvalue weighted by Crippen LogP contribution is -2.33. The van der Waals surface area contributed by atoms with Crippen molar-refractivity contribution >= 4 is 40.1 Å².